The lowest BCUT2D eigenvalue weighted by molar-refractivity contribution is 0.170. The molecule has 16 heavy (non-hydrogen) atoms. The molecule has 0 saturated carbocycles. The summed E-state index contributed by atoms with van der Waals surface area (Å²) in [4.78, 5) is 4.43. The van der Waals surface area contributed by atoms with Gasteiger partial charge in [-0.05, 0) is 24.6 Å². The Morgan fingerprint density at radius 1 is 1.44 bits per heavy atom. The van der Waals surface area contributed by atoms with E-state index in [1.54, 1.807) is 0 Å². The maximum absolute atomic E-state index is 6.19. The molecular formula is C11H11BrN2O2. The molecule has 2 aromatic rings. The van der Waals surface area contributed by atoms with Crippen LogP contribution in [0.15, 0.2) is 27.1 Å². The van der Waals surface area contributed by atoms with Crippen molar-refractivity contribution in [3.8, 4) is 0 Å². The van der Waals surface area contributed by atoms with E-state index in [4.69, 9.17) is 14.9 Å². The quantitative estimate of drug-likeness (QED) is 0.871. The lowest BCUT2D eigenvalue weighted by atomic mass is 10.0. The Hall–Kier alpha value is -0.910. The Labute approximate surface area is 101 Å². The number of nitrogens with zero attached hydrogens (tertiary/aromatic N) is 1. The molecule has 0 radical (unpaired) electrons. The highest BCUT2D eigenvalue weighted by Crippen LogP contribution is 2.30. The highest BCUT2D eigenvalue weighted by atomic mass is 79.9. The van der Waals surface area contributed by atoms with Crippen LogP contribution in [0.4, 0.5) is 0 Å². The van der Waals surface area contributed by atoms with E-state index < -0.39 is 5.54 Å². The predicted octanol–water partition coefficient (Wildman–Crippen LogP) is 2.16. The molecule has 0 bridgehead atoms. The summed E-state index contributed by atoms with van der Waals surface area (Å²) in [6.45, 7) is 1.14. The van der Waals surface area contributed by atoms with Crippen molar-refractivity contribution in [1.29, 1.82) is 0 Å². The number of benzene rings is 1. The van der Waals surface area contributed by atoms with Gasteiger partial charge in [-0.2, -0.15) is 0 Å². The molecule has 0 aliphatic carbocycles. The summed E-state index contributed by atoms with van der Waals surface area (Å²) in [6.07, 6.45) is 0.751. The van der Waals surface area contributed by atoms with Crippen LogP contribution >= 0.6 is 15.9 Å². The molecule has 1 aliphatic heterocycles. The van der Waals surface area contributed by atoms with Gasteiger partial charge in [0, 0.05) is 11.1 Å². The summed E-state index contributed by atoms with van der Waals surface area (Å²) in [5.41, 5.74) is 7.20. The molecular weight excluding hydrogens is 272 g/mol. The zero-order chi connectivity index (χ0) is 11.2. The third-order valence-corrected chi connectivity index (χ3v) is 3.32. The van der Waals surface area contributed by atoms with Crippen LogP contribution in [0, 0.1) is 0 Å². The Morgan fingerprint density at radius 3 is 3.06 bits per heavy atom. The third-order valence-electron chi connectivity index (χ3n) is 2.83. The molecule has 2 N–H and O–H groups in total. The van der Waals surface area contributed by atoms with Crippen LogP contribution in [0.3, 0.4) is 0 Å². The first kappa shape index (κ1) is 10.3. The van der Waals surface area contributed by atoms with Crippen molar-refractivity contribution in [2.75, 3.05) is 13.2 Å². The monoisotopic (exact) mass is 282 g/mol. The number of rotatable bonds is 1. The Kier molecular flexibility index (Phi) is 2.27. The average molecular weight is 283 g/mol. The van der Waals surface area contributed by atoms with Crippen molar-refractivity contribution in [3.63, 3.8) is 0 Å². The summed E-state index contributed by atoms with van der Waals surface area (Å²) in [7, 11) is 0. The Morgan fingerprint density at radius 2 is 2.31 bits per heavy atom. The molecule has 4 nitrogen and oxygen atoms in total. The van der Waals surface area contributed by atoms with Gasteiger partial charge < -0.3 is 14.9 Å². The highest BCUT2D eigenvalue weighted by Gasteiger charge is 2.37. The minimum atomic E-state index is -0.564. The fourth-order valence-electron chi connectivity index (χ4n) is 1.86. The SMILES string of the molecule is NC1(c2nc3cc(Br)ccc3o2)CCOC1. The molecule has 1 aromatic carbocycles. The molecule has 84 valence electrons. The van der Waals surface area contributed by atoms with E-state index in [1.807, 2.05) is 18.2 Å². The van der Waals surface area contributed by atoms with E-state index in [0.717, 1.165) is 22.0 Å². The maximum atomic E-state index is 6.19. The number of hydrogen-bond acceptors (Lipinski definition) is 4. The maximum Gasteiger partial charge on any atom is 0.218 e. The summed E-state index contributed by atoms with van der Waals surface area (Å²) in [5, 5.41) is 0. The first-order chi connectivity index (χ1) is 7.67. The van der Waals surface area contributed by atoms with Gasteiger partial charge >= 0.3 is 0 Å². The summed E-state index contributed by atoms with van der Waals surface area (Å²) < 4.78 is 12.0. The molecule has 1 saturated heterocycles. The average Bonchev–Trinajstić information content (AvgIpc) is 2.84. The second kappa shape index (κ2) is 3.55. The summed E-state index contributed by atoms with van der Waals surface area (Å²) in [6, 6.07) is 5.72. The normalized spacial score (nSPS) is 25.4. The number of fused-ring (bicyclic) bond motifs is 1. The van der Waals surface area contributed by atoms with Crippen LogP contribution < -0.4 is 5.73 Å². The Bertz CT molecular complexity index is 532. The minimum absolute atomic E-state index is 0.473. The van der Waals surface area contributed by atoms with Gasteiger partial charge in [0.1, 0.15) is 11.1 Å². The van der Waals surface area contributed by atoms with Crippen molar-refractivity contribution < 1.29 is 9.15 Å². The van der Waals surface area contributed by atoms with Crippen LogP contribution in [-0.4, -0.2) is 18.2 Å². The van der Waals surface area contributed by atoms with E-state index in [1.165, 1.54) is 0 Å². The van der Waals surface area contributed by atoms with E-state index in [0.29, 0.717) is 19.1 Å². The predicted molar refractivity (Wildman–Crippen MR) is 63.0 cm³/mol. The fourth-order valence-corrected chi connectivity index (χ4v) is 2.21. The second-order valence-corrected chi connectivity index (χ2v) is 5.01. The molecule has 1 unspecified atom stereocenters. The molecule has 5 heteroatoms. The van der Waals surface area contributed by atoms with Crippen molar-refractivity contribution in [1.82, 2.24) is 4.98 Å². The van der Waals surface area contributed by atoms with Gasteiger partial charge in [0.05, 0.1) is 6.61 Å². The standard InChI is InChI=1S/C11H11BrN2O2/c12-7-1-2-9-8(5-7)14-10(16-9)11(13)3-4-15-6-11/h1-2,5H,3-4,6,13H2. The molecule has 0 spiro atoms. The minimum Gasteiger partial charge on any atom is -0.439 e. The number of ether oxygens (including phenoxy) is 1. The second-order valence-electron chi connectivity index (χ2n) is 4.09. The highest BCUT2D eigenvalue weighted by molar-refractivity contribution is 9.10. The van der Waals surface area contributed by atoms with Crippen molar-refractivity contribution in [3.05, 3.63) is 28.6 Å². The van der Waals surface area contributed by atoms with E-state index in [-0.39, 0.29) is 0 Å². The zero-order valence-corrected chi connectivity index (χ0v) is 10.2. The first-order valence-electron chi connectivity index (χ1n) is 5.11. The smallest absolute Gasteiger partial charge is 0.218 e. The van der Waals surface area contributed by atoms with Gasteiger partial charge in [-0.3, -0.25) is 0 Å². The van der Waals surface area contributed by atoms with Crippen molar-refractivity contribution in [2.45, 2.75) is 12.0 Å². The van der Waals surface area contributed by atoms with Crippen molar-refractivity contribution in [2.24, 2.45) is 5.73 Å². The van der Waals surface area contributed by atoms with E-state index >= 15 is 0 Å². The molecule has 1 aromatic heterocycles. The number of nitrogens with two attached hydrogens (primary N) is 1. The topological polar surface area (TPSA) is 61.3 Å². The first-order valence-corrected chi connectivity index (χ1v) is 5.90. The van der Waals surface area contributed by atoms with Gasteiger partial charge in [0.15, 0.2) is 5.58 Å². The molecule has 1 atom stereocenters. The molecule has 0 amide bonds. The largest absolute Gasteiger partial charge is 0.439 e. The van der Waals surface area contributed by atoms with Gasteiger partial charge in [-0.15, -0.1) is 0 Å². The summed E-state index contributed by atoms with van der Waals surface area (Å²) >= 11 is 3.40. The van der Waals surface area contributed by atoms with Crippen LogP contribution in [0.25, 0.3) is 11.1 Å². The lowest BCUT2D eigenvalue weighted by Crippen LogP contribution is -2.37. The third kappa shape index (κ3) is 1.55. The number of halogens is 1. The summed E-state index contributed by atoms with van der Waals surface area (Å²) in [5.74, 6) is 0.568. The van der Waals surface area contributed by atoms with E-state index in [2.05, 4.69) is 20.9 Å². The van der Waals surface area contributed by atoms with Crippen LogP contribution in [0.2, 0.25) is 0 Å². The number of oxazole rings is 1. The van der Waals surface area contributed by atoms with E-state index in [9.17, 15) is 0 Å². The van der Waals surface area contributed by atoms with Gasteiger partial charge in [-0.25, -0.2) is 4.98 Å². The van der Waals surface area contributed by atoms with Gasteiger partial charge in [0.25, 0.3) is 0 Å². The number of hydrogen-bond donors (Lipinski definition) is 1. The molecule has 3 rings (SSSR count). The molecule has 1 fully saturated rings. The Balaban J connectivity index is 2.11. The van der Waals surface area contributed by atoms with Crippen LogP contribution in [-0.2, 0) is 10.3 Å². The zero-order valence-electron chi connectivity index (χ0n) is 8.57. The molecule has 2 heterocycles. The van der Waals surface area contributed by atoms with Crippen molar-refractivity contribution >= 4 is 27.0 Å². The lowest BCUT2D eigenvalue weighted by Gasteiger charge is -2.16. The van der Waals surface area contributed by atoms with Crippen LogP contribution in [0.1, 0.15) is 12.3 Å². The fraction of sp³-hybridized carbons (Fsp3) is 0.364. The molecule has 1 aliphatic rings. The number of aromatic nitrogens is 1. The van der Waals surface area contributed by atoms with Gasteiger partial charge in [0.2, 0.25) is 5.89 Å². The van der Waals surface area contributed by atoms with Crippen LogP contribution in [0.5, 0.6) is 0 Å². The van der Waals surface area contributed by atoms with Gasteiger partial charge in [-0.1, -0.05) is 15.9 Å².